The first-order valence-corrected chi connectivity index (χ1v) is 8.81. The molecule has 0 amide bonds. The van der Waals surface area contributed by atoms with Crippen molar-refractivity contribution in [3.05, 3.63) is 48.3 Å². The zero-order valence-corrected chi connectivity index (χ0v) is 13.7. The van der Waals surface area contributed by atoms with Crippen molar-refractivity contribution in [3.8, 4) is 5.69 Å². The maximum Gasteiger partial charge on any atom is 0.320 e. The lowest BCUT2D eigenvalue weighted by atomic mass is 9.85. The highest BCUT2D eigenvalue weighted by molar-refractivity contribution is 5.74. The van der Waals surface area contributed by atoms with Gasteiger partial charge in [-0.05, 0) is 43.4 Å². The van der Waals surface area contributed by atoms with Crippen molar-refractivity contribution < 1.29 is 9.90 Å². The monoisotopic (exact) mass is 325 g/mol. The molecule has 0 bridgehead atoms. The number of hydrogen-bond donors (Lipinski definition) is 1. The van der Waals surface area contributed by atoms with Crippen LogP contribution < -0.4 is 0 Å². The van der Waals surface area contributed by atoms with Gasteiger partial charge in [-0.15, -0.1) is 0 Å². The molecule has 1 aromatic carbocycles. The molecular weight excluding hydrogens is 302 g/mol. The Kier molecular flexibility index (Phi) is 4.10. The molecule has 2 aliphatic rings. The van der Waals surface area contributed by atoms with Crippen LogP contribution in [0.5, 0.6) is 0 Å². The van der Waals surface area contributed by atoms with Gasteiger partial charge in [0, 0.05) is 18.8 Å². The van der Waals surface area contributed by atoms with Crippen molar-refractivity contribution in [1.82, 2.24) is 14.7 Å². The number of para-hydroxylation sites is 1. The maximum absolute atomic E-state index is 11.7. The Morgan fingerprint density at radius 1 is 1.17 bits per heavy atom. The highest BCUT2D eigenvalue weighted by Crippen LogP contribution is 2.40. The quantitative estimate of drug-likeness (QED) is 0.938. The van der Waals surface area contributed by atoms with E-state index in [1.54, 1.807) is 0 Å². The summed E-state index contributed by atoms with van der Waals surface area (Å²) in [6, 6.07) is 12.0. The summed E-state index contributed by atoms with van der Waals surface area (Å²) < 4.78 is 1.86. The molecule has 3 atom stereocenters. The molecule has 2 aromatic rings. The van der Waals surface area contributed by atoms with Gasteiger partial charge in [-0.2, -0.15) is 5.10 Å². The van der Waals surface area contributed by atoms with E-state index in [1.807, 2.05) is 47.3 Å². The second-order valence-corrected chi connectivity index (χ2v) is 6.96. The Balaban J connectivity index is 1.55. The van der Waals surface area contributed by atoms with Crippen molar-refractivity contribution in [2.24, 2.45) is 5.92 Å². The van der Waals surface area contributed by atoms with E-state index < -0.39 is 5.97 Å². The number of hydrogen-bond acceptors (Lipinski definition) is 3. The van der Waals surface area contributed by atoms with Crippen LogP contribution in [0.2, 0.25) is 0 Å². The van der Waals surface area contributed by atoms with Gasteiger partial charge in [-0.1, -0.05) is 31.0 Å². The molecular formula is C19H23N3O2. The Bertz CT molecular complexity index is 712. The van der Waals surface area contributed by atoms with Gasteiger partial charge in [0.1, 0.15) is 6.04 Å². The van der Waals surface area contributed by atoms with Crippen LogP contribution in [0.15, 0.2) is 42.6 Å². The van der Waals surface area contributed by atoms with Gasteiger partial charge in [0.05, 0.1) is 11.4 Å². The van der Waals surface area contributed by atoms with E-state index in [0.29, 0.717) is 18.5 Å². The molecule has 4 rings (SSSR count). The Labute approximate surface area is 141 Å². The van der Waals surface area contributed by atoms with Gasteiger partial charge in [-0.25, -0.2) is 4.68 Å². The molecule has 5 heteroatoms. The van der Waals surface area contributed by atoms with Gasteiger partial charge in [-0.3, -0.25) is 9.69 Å². The van der Waals surface area contributed by atoms with E-state index in [9.17, 15) is 9.90 Å². The predicted octanol–water partition coefficient (Wildman–Crippen LogP) is 3.09. The summed E-state index contributed by atoms with van der Waals surface area (Å²) in [6.45, 7) is 0.623. The van der Waals surface area contributed by atoms with E-state index in [4.69, 9.17) is 0 Å². The molecule has 0 radical (unpaired) electrons. The third-order valence-electron chi connectivity index (χ3n) is 5.52. The van der Waals surface area contributed by atoms with Gasteiger partial charge < -0.3 is 5.11 Å². The number of rotatable bonds is 4. The third-order valence-corrected chi connectivity index (χ3v) is 5.52. The minimum absolute atomic E-state index is 0.361. The van der Waals surface area contributed by atoms with Crippen LogP contribution in [-0.4, -0.2) is 37.8 Å². The molecule has 126 valence electrons. The summed E-state index contributed by atoms with van der Waals surface area (Å²) in [5.74, 6) is -0.150. The number of aromatic nitrogens is 2. The predicted molar refractivity (Wildman–Crippen MR) is 90.9 cm³/mol. The van der Waals surface area contributed by atoms with E-state index >= 15 is 0 Å². The fourth-order valence-corrected chi connectivity index (χ4v) is 4.38. The fraction of sp³-hybridized carbons (Fsp3) is 0.474. The number of benzene rings is 1. The minimum atomic E-state index is -0.688. The van der Waals surface area contributed by atoms with E-state index in [2.05, 4.69) is 10.00 Å². The van der Waals surface area contributed by atoms with Crippen molar-refractivity contribution >= 4 is 5.97 Å². The Hall–Kier alpha value is -2.14. The molecule has 2 heterocycles. The largest absolute Gasteiger partial charge is 0.480 e. The summed E-state index contributed by atoms with van der Waals surface area (Å²) in [7, 11) is 0. The van der Waals surface area contributed by atoms with E-state index in [1.165, 1.54) is 19.3 Å². The van der Waals surface area contributed by atoms with Crippen LogP contribution in [0.25, 0.3) is 5.69 Å². The molecule has 1 N–H and O–H groups in total. The molecule has 1 aliphatic carbocycles. The summed E-state index contributed by atoms with van der Waals surface area (Å²) in [5, 5.41) is 14.3. The summed E-state index contributed by atoms with van der Waals surface area (Å²) in [6.07, 6.45) is 7.48. The first-order chi connectivity index (χ1) is 11.7. The number of nitrogens with zero attached hydrogens (tertiary/aromatic N) is 3. The highest BCUT2D eigenvalue weighted by atomic mass is 16.4. The molecule has 24 heavy (non-hydrogen) atoms. The first-order valence-electron chi connectivity index (χ1n) is 8.81. The second-order valence-electron chi connectivity index (χ2n) is 6.96. The average Bonchev–Trinajstić information content (AvgIpc) is 3.21. The topological polar surface area (TPSA) is 58.4 Å². The lowest BCUT2D eigenvalue weighted by molar-refractivity contribution is -0.142. The van der Waals surface area contributed by atoms with Crippen molar-refractivity contribution in [2.45, 2.75) is 50.7 Å². The van der Waals surface area contributed by atoms with Gasteiger partial charge in [0.15, 0.2) is 0 Å². The molecule has 1 saturated carbocycles. The number of carbonyl (C=O) groups is 1. The molecule has 1 saturated heterocycles. The van der Waals surface area contributed by atoms with Crippen LogP contribution in [0.3, 0.4) is 0 Å². The van der Waals surface area contributed by atoms with Crippen molar-refractivity contribution in [3.63, 3.8) is 0 Å². The molecule has 2 fully saturated rings. The van der Waals surface area contributed by atoms with E-state index in [-0.39, 0.29) is 6.04 Å². The Morgan fingerprint density at radius 2 is 1.96 bits per heavy atom. The standard InChI is InChI=1S/C19H23N3O2/c23-19(24)18-12-14-6-4-5-9-17(14)21(18)13-15-10-11-22(20-15)16-7-2-1-3-8-16/h1-3,7-8,10-11,14,17-18H,4-6,9,12-13H2,(H,23,24). The first kappa shape index (κ1) is 15.4. The van der Waals surface area contributed by atoms with Gasteiger partial charge in [0.2, 0.25) is 0 Å². The van der Waals surface area contributed by atoms with Gasteiger partial charge in [0.25, 0.3) is 0 Å². The van der Waals surface area contributed by atoms with Crippen LogP contribution >= 0.6 is 0 Å². The normalized spacial score (nSPS) is 27.1. The molecule has 5 nitrogen and oxygen atoms in total. The van der Waals surface area contributed by atoms with Crippen molar-refractivity contribution in [2.75, 3.05) is 0 Å². The lowest BCUT2D eigenvalue weighted by Gasteiger charge is -2.32. The molecule has 1 aromatic heterocycles. The number of aliphatic carboxylic acids is 1. The zero-order valence-electron chi connectivity index (χ0n) is 13.7. The summed E-state index contributed by atoms with van der Waals surface area (Å²) in [4.78, 5) is 13.9. The summed E-state index contributed by atoms with van der Waals surface area (Å²) >= 11 is 0. The van der Waals surface area contributed by atoms with Crippen molar-refractivity contribution in [1.29, 1.82) is 0 Å². The highest BCUT2D eigenvalue weighted by Gasteiger charge is 2.45. The average molecular weight is 325 g/mol. The lowest BCUT2D eigenvalue weighted by Crippen LogP contribution is -2.41. The number of carboxylic acids is 1. The Morgan fingerprint density at radius 3 is 2.75 bits per heavy atom. The van der Waals surface area contributed by atoms with E-state index in [0.717, 1.165) is 24.2 Å². The second kappa shape index (κ2) is 6.40. The number of likely N-dealkylation sites (tertiary alicyclic amines) is 1. The van der Waals surface area contributed by atoms with Crippen LogP contribution in [0, 0.1) is 5.92 Å². The summed E-state index contributed by atoms with van der Waals surface area (Å²) in [5.41, 5.74) is 1.96. The smallest absolute Gasteiger partial charge is 0.320 e. The van der Waals surface area contributed by atoms with Gasteiger partial charge >= 0.3 is 5.97 Å². The van der Waals surface area contributed by atoms with Crippen LogP contribution in [0.1, 0.15) is 37.8 Å². The fourth-order valence-electron chi connectivity index (χ4n) is 4.38. The molecule has 3 unspecified atom stereocenters. The third kappa shape index (κ3) is 2.84. The minimum Gasteiger partial charge on any atom is -0.480 e. The number of fused-ring (bicyclic) bond motifs is 1. The molecule has 1 aliphatic heterocycles. The van der Waals surface area contributed by atoms with Crippen LogP contribution in [-0.2, 0) is 11.3 Å². The SMILES string of the molecule is O=C(O)C1CC2CCCCC2N1Cc1ccn(-c2ccccc2)n1. The van der Waals surface area contributed by atoms with Crippen LogP contribution in [0.4, 0.5) is 0 Å². The number of carboxylic acid groups (broad SMARTS) is 1. The molecule has 0 spiro atoms. The zero-order chi connectivity index (χ0) is 16.5. The maximum atomic E-state index is 11.7.